The summed E-state index contributed by atoms with van der Waals surface area (Å²) in [7, 11) is 4.81. The average molecular weight is 439 g/mol. The highest BCUT2D eigenvalue weighted by Crippen LogP contribution is 2.33. The first-order chi connectivity index (χ1) is 15.1. The number of ether oxygens (including phenoxy) is 3. The Hall–Kier alpha value is -3.66. The van der Waals surface area contributed by atoms with Gasteiger partial charge in [-0.05, 0) is 36.4 Å². The highest BCUT2D eigenvalue weighted by molar-refractivity contribution is 7.98. The van der Waals surface area contributed by atoms with Gasteiger partial charge in [0, 0.05) is 17.7 Å². The molecule has 0 aliphatic carbocycles. The van der Waals surface area contributed by atoms with Gasteiger partial charge in [-0.15, -0.1) is 10.2 Å². The lowest BCUT2D eigenvalue weighted by Gasteiger charge is -2.09. The lowest BCUT2D eigenvalue weighted by Crippen LogP contribution is -2.12. The number of thioether (sulfide) groups is 1. The Balaban J connectivity index is 1.48. The van der Waals surface area contributed by atoms with Crippen molar-refractivity contribution in [1.29, 1.82) is 0 Å². The van der Waals surface area contributed by atoms with E-state index in [1.165, 1.54) is 16.4 Å². The molecule has 0 aliphatic rings. The van der Waals surface area contributed by atoms with E-state index in [0.717, 1.165) is 17.0 Å². The third-order valence-corrected chi connectivity index (χ3v) is 5.57. The molecule has 9 nitrogen and oxygen atoms in total. The molecule has 10 heteroatoms. The molecule has 4 aromatic rings. The van der Waals surface area contributed by atoms with Crippen molar-refractivity contribution < 1.29 is 18.7 Å². The van der Waals surface area contributed by atoms with Crippen molar-refractivity contribution in [2.45, 2.75) is 10.9 Å². The van der Waals surface area contributed by atoms with Crippen LogP contribution in [-0.2, 0) is 5.75 Å². The topological polar surface area (TPSA) is 110 Å². The first kappa shape index (κ1) is 20.6. The maximum Gasteiger partial charge on any atom is 0.210 e. The van der Waals surface area contributed by atoms with E-state index in [4.69, 9.17) is 24.6 Å². The Morgan fingerprint density at radius 1 is 0.935 bits per heavy atom. The predicted octanol–water partition coefficient (Wildman–Crippen LogP) is 3.63. The van der Waals surface area contributed by atoms with Gasteiger partial charge in [0.1, 0.15) is 28.7 Å². The maximum atomic E-state index is 6.24. The lowest BCUT2D eigenvalue weighted by molar-refractivity contribution is 0.395. The lowest BCUT2D eigenvalue weighted by atomic mass is 10.1. The molecule has 0 spiro atoms. The first-order valence-corrected chi connectivity index (χ1v) is 10.3. The zero-order valence-corrected chi connectivity index (χ0v) is 18.0. The number of nitrogen functional groups attached to an aromatic ring is 1. The summed E-state index contributed by atoms with van der Waals surface area (Å²) in [5, 5.41) is 13.1. The normalized spacial score (nSPS) is 10.8. The molecule has 0 unspecified atom stereocenters. The second-order valence-corrected chi connectivity index (χ2v) is 7.38. The highest BCUT2D eigenvalue weighted by Gasteiger charge is 2.17. The minimum Gasteiger partial charge on any atom is -0.497 e. The quantitative estimate of drug-likeness (QED) is 0.325. The Labute approximate surface area is 183 Å². The highest BCUT2D eigenvalue weighted by atomic mass is 32.2. The number of nitrogens with zero attached hydrogens (tertiary/aromatic N) is 4. The summed E-state index contributed by atoms with van der Waals surface area (Å²) in [6.07, 6.45) is 0. The van der Waals surface area contributed by atoms with Crippen LogP contribution in [0.2, 0.25) is 0 Å². The fourth-order valence-corrected chi connectivity index (χ4v) is 3.69. The van der Waals surface area contributed by atoms with Gasteiger partial charge in [-0.3, -0.25) is 0 Å². The molecular weight excluding hydrogens is 418 g/mol. The van der Waals surface area contributed by atoms with Gasteiger partial charge in [0.15, 0.2) is 5.82 Å². The molecule has 160 valence electrons. The number of rotatable bonds is 8. The van der Waals surface area contributed by atoms with Crippen LogP contribution < -0.4 is 20.1 Å². The second-order valence-electron chi connectivity index (χ2n) is 6.44. The third-order valence-electron chi connectivity index (χ3n) is 4.60. The largest absolute Gasteiger partial charge is 0.497 e. The SMILES string of the molecule is COc1ccc(-c2cc(CSc3nnc(-c4ccc(OC)cc4OC)n3N)on2)cc1. The van der Waals surface area contributed by atoms with Crippen molar-refractivity contribution >= 4 is 11.8 Å². The molecule has 0 saturated heterocycles. The Morgan fingerprint density at radius 2 is 1.68 bits per heavy atom. The fourth-order valence-electron chi connectivity index (χ4n) is 2.96. The van der Waals surface area contributed by atoms with Crippen LogP contribution in [0.3, 0.4) is 0 Å². The average Bonchev–Trinajstić information content (AvgIpc) is 3.44. The summed E-state index contributed by atoms with van der Waals surface area (Å²) in [4.78, 5) is 0. The van der Waals surface area contributed by atoms with E-state index in [2.05, 4.69) is 15.4 Å². The van der Waals surface area contributed by atoms with Crippen LogP contribution in [0.15, 0.2) is 58.2 Å². The summed E-state index contributed by atoms with van der Waals surface area (Å²) in [6.45, 7) is 0. The molecule has 2 N–H and O–H groups in total. The van der Waals surface area contributed by atoms with Gasteiger partial charge >= 0.3 is 0 Å². The van der Waals surface area contributed by atoms with Crippen molar-refractivity contribution in [3.63, 3.8) is 0 Å². The summed E-state index contributed by atoms with van der Waals surface area (Å²) in [5.74, 6) is 9.98. The van der Waals surface area contributed by atoms with Crippen molar-refractivity contribution in [1.82, 2.24) is 20.0 Å². The zero-order chi connectivity index (χ0) is 21.8. The molecular formula is C21H21N5O4S. The van der Waals surface area contributed by atoms with Gasteiger partial charge in [-0.25, -0.2) is 4.68 Å². The summed E-state index contributed by atoms with van der Waals surface area (Å²) in [5.41, 5.74) is 2.40. The van der Waals surface area contributed by atoms with E-state index in [0.29, 0.717) is 39.6 Å². The molecule has 0 amide bonds. The number of methoxy groups -OCH3 is 3. The van der Waals surface area contributed by atoms with Crippen LogP contribution in [0, 0.1) is 0 Å². The summed E-state index contributed by atoms with van der Waals surface area (Å²) in [6, 6.07) is 14.9. The smallest absolute Gasteiger partial charge is 0.210 e. The second kappa shape index (κ2) is 9.00. The standard InChI is InChI=1S/C21H21N5O4S/c1-27-14-6-4-13(5-7-14)18-10-16(30-25-18)12-31-21-24-23-20(26(21)22)17-9-8-15(28-2)11-19(17)29-3/h4-11H,12,22H2,1-3H3. The number of nitrogens with two attached hydrogens (primary N) is 1. The first-order valence-electron chi connectivity index (χ1n) is 9.28. The molecule has 2 heterocycles. The van der Waals surface area contributed by atoms with Gasteiger partial charge in [0.25, 0.3) is 0 Å². The van der Waals surface area contributed by atoms with Gasteiger partial charge in [0.2, 0.25) is 5.16 Å². The number of aromatic nitrogens is 4. The number of benzene rings is 2. The van der Waals surface area contributed by atoms with Gasteiger partial charge in [0.05, 0.1) is 32.6 Å². The molecule has 31 heavy (non-hydrogen) atoms. The summed E-state index contributed by atoms with van der Waals surface area (Å²) >= 11 is 1.40. The summed E-state index contributed by atoms with van der Waals surface area (Å²) < 4.78 is 22.7. The molecule has 0 fully saturated rings. The minimum atomic E-state index is 0.485. The number of hydrogen-bond donors (Lipinski definition) is 1. The van der Waals surface area contributed by atoms with Crippen molar-refractivity contribution in [3.05, 3.63) is 54.3 Å². The van der Waals surface area contributed by atoms with Crippen molar-refractivity contribution in [2.75, 3.05) is 27.2 Å². The Bertz CT molecular complexity index is 1170. The van der Waals surface area contributed by atoms with Gasteiger partial charge in [-0.2, -0.15) is 0 Å². The zero-order valence-electron chi connectivity index (χ0n) is 17.2. The maximum absolute atomic E-state index is 6.24. The molecule has 0 saturated carbocycles. The van der Waals surface area contributed by atoms with Crippen molar-refractivity contribution in [3.8, 4) is 39.9 Å². The molecule has 2 aromatic carbocycles. The molecule has 4 rings (SSSR count). The molecule has 0 aliphatic heterocycles. The molecule has 2 aromatic heterocycles. The molecule has 0 atom stereocenters. The van der Waals surface area contributed by atoms with Crippen LogP contribution in [0.4, 0.5) is 0 Å². The Morgan fingerprint density at radius 3 is 2.39 bits per heavy atom. The van der Waals surface area contributed by atoms with Gasteiger partial charge in [-0.1, -0.05) is 16.9 Å². The number of hydrogen-bond acceptors (Lipinski definition) is 9. The van der Waals surface area contributed by atoms with Crippen LogP contribution in [-0.4, -0.2) is 41.4 Å². The van der Waals surface area contributed by atoms with E-state index in [9.17, 15) is 0 Å². The van der Waals surface area contributed by atoms with E-state index < -0.39 is 0 Å². The van der Waals surface area contributed by atoms with Crippen LogP contribution in [0.25, 0.3) is 22.6 Å². The van der Waals surface area contributed by atoms with Crippen LogP contribution >= 0.6 is 11.8 Å². The predicted molar refractivity (Wildman–Crippen MR) is 117 cm³/mol. The monoisotopic (exact) mass is 439 g/mol. The van der Waals surface area contributed by atoms with E-state index in [1.54, 1.807) is 27.4 Å². The van der Waals surface area contributed by atoms with Crippen LogP contribution in [0.1, 0.15) is 5.76 Å². The minimum absolute atomic E-state index is 0.485. The van der Waals surface area contributed by atoms with E-state index >= 15 is 0 Å². The van der Waals surface area contributed by atoms with E-state index in [1.807, 2.05) is 42.5 Å². The fraction of sp³-hybridized carbons (Fsp3) is 0.190. The van der Waals surface area contributed by atoms with E-state index in [-0.39, 0.29) is 0 Å². The van der Waals surface area contributed by atoms with Crippen molar-refractivity contribution in [2.24, 2.45) is 0 Å². The Kier molecular flexibility index (Phi) is 5.99. The van der Waals surface area contributed by atoms with Gasteiger partial charge < -0.3 is 24.6 Å². The molecule has 0 bridgehead atoms. The molecule has 0 radical (unpaired) electrons. The van der Waals surface area contributed by atoms with Crippen LogP contribution in [0.5, 0.6) is 17.2 Å². The third kappa shape index (κ3) is 4.29.